The van der Waals surface area contributed by atoms with Gasteiger partial charge in [-0.1, -0.05) is 0 Å². The number of nitrogens with zero attached hydrogens (tertiary/aromatic N) is 2. The summed E-state index contributed by atoms with van der Waals surface area (Å²) in [5.74, 6) is -0.0164. The number of halogens is 3. The van der Waals surface area contributed by atoms with E-state index in [9.17, 15) is 13.2 Å². The molecule has 0 saturated heterocycles. The molecule has 1 heterocycles. The molecule has 1 aromatic rings. The summed E-state index contributed by atoms with van der Waals surface area (Å²) in [6.45, 7) is 2.12. The average Bonchev–Trinajstić information content (AvgIpc) is 2.12. The predicted molar refractivity (Wildman–Crippen MR) is 53.0 cm³/mol. The van der Waals surface area contributed by atoms with Crippen LogP contribution in [0, 0.1) is 25.2 Å². The number of pyridine rings is 1. The minimum Gasteiger partial charge on any atom is -0.360 e. The van der Waals surface area contributed by atoms with Crippen LogP contribution in [0.4, 0.5) is 19.0 Å². The number of rotatable bonds is 2. The third-order valence-electron chi connectivity index (χ3n) is 1.91. The zero-order valence-electron chi connectivity index (χ0n) is 8.81. The maximum absolute atomic E-state index is 12.0. The lowest BCUT2D eigenvalue weighted by atomic mass is 10.1. The fourth-order valence-electron chi connectivity index (χ4n) is 1.29. The van der Waals surface area contributed by atoms with Gasteiger partial charge in [-0.05, 0) is 25.5 Å². The second-order valence-corrected chi connectivity index (χ2v) is 3.38. The summed E-state index contributed by atoms with van der Waals surface area (Å²) in [4.78, 5) is 3.87. The molecular formula is C10H10F3N3. The minimum absolute atomic E-state index is 0.0164. The van der Waals surface area contributed by atoms with Crippen LogP contribution in [0.5, 0.6) is 0 Å². The molecule has 86 valence electrons. The van der Waals surface area contributed by atoms with Crippen LogP contribution in [0.3, 0.4) is 0 Å². The molecule has 0 saturated carbocycles. The molecule has 0 bridgehead atoms. The Morgan fingerprint density at radius 3 is 2.56 bits per heavy atom. The van der Waals surface area contributed by atoms with Crippen molar-refractivity contribution >= 4 is 5.82 Å². The van der Waals surface area contributed by atoms with Crippen LogP contribution in [0.25, 0.3) is 0 Å². The van der Waals surface area contributed by atoms with Crippen molar-refractivity contribution in [1.29, 1.82) is 5.26 Å². The smallest absolute Gasteiger partial charge is 0.360 e. The third-order valence-corrected chi connectivity index (χ3v) is 1.91. The molecule has 0 aliphatic rings. The first-order chi connectivity index (χ1) is 7.33. The Balaban J connectivity index is 3.00. The average molecular weight is 229 g/mol. The van der Waals surface area contributed by atoms with E-state index in [0.29, 0.717) is 11.3 Å². The van der Waals surface area contributed by atoms with E-state index in [2.05, 4.69) is 10.3 Å². The van der Waals surface area contributed by atoms with Crippen LogP contribution < -0.4 is 5.32 Å². The van der Waals surface area contributed by atoms with Crippen molar-refractivity contribution in [3.05, 3.63) is 22.9 Å². The molecule has 0 amide bonds. The maximum Gasteiger partial charge on any atom is 0.405 e. The Morgan fingerprint density at radius 1 is 1.44 bits per heavy atom. The van der Waals surface area contributed by atoms with Gasteiger partial charge < -0.3 is 5.32 Å². The number of anilines is 1. The van der Waals surface area contributed by atoms with Gasteiger partial charge >= 0.3 is 6.18 Å². The normalized spacial score (nSPS) is 11.0. The third kappa shape index (κ3) is 3.12. The van der Waals surface area contributed by atoms with Crippen molar-refractivity contribution in [2.75, 3.05) is 11.9 Å². The first kappa shape index (κ1) is 12.3. The van der Waals surface area contributed by atoms with Gasteiger partial charge in [0.25, 0.3) is 0 Å². The lowest BCUT2D eigenvalue weighted by Crippen LogP contribution is -2.22. The molecule has 3 nitrogen and oxygen atoms in total. The first-order valence-corrected chi connectivity index (χ1v) is 4.52. The standard InChI is InChI=1S/C10H10F3N3/c1-6-3-7(2)16-9(8(6)4-14)15-5-10(11,12)13/h3H,5H2,1-2H3,(H,15,16). The van der Waals surface area contributed by atoms with Crippen molar-refractivity contribution in [3.63, 3.8) is 0 Å². The summed E-state index contributed by atoms with van der Waals surface area (Å²) in [5, 5.41) is 10.9. The highest BCUT2D eigenvalue weighted by Gasteiger charge is 2.27. The summed E-state index contributed by atoms with van der Waals surface area (Å²) in [5.41, 5.74) is 1.33. The van der Waals surface area contributed by atoms with Crippen LogP contribution in [0.1, 0.15) is 16.8 Å². The summed E-state index contributed by atoms with van der Waals surface area (Å²) >= 11 is 0. The number of hydrogen-bond donors (Lipinski definition) is 1. The lowest BCUT2D eigenvalue weighted by Gasteiger charge is -2.11. The Morgan fingerprint density at radius 2 is 2.06 bits per heavy atom. The minimum atomic E-state index is -4.33. The monoisotopic (exact) mass is 229 g/mol. The highest BCUT2D eigenvalue weighted by molar-refractivity contribution is 5.56. The van der Waals surface area contributed by atoms with Crippen molar-refractivity contribution < 1.29 is 13.2 Å². The first-order valence-electron chi connectivity index (χ1n) is 4.52. The number of nitriles is 1. The highest BCUT2D eigenvalue weighted by atomic mass is 19.4. The van der Waals surface area contributed by atoms with E-state index in [1.165, 1.54) is 0 Å². The molecule has 1 rings (SSSR count). The Kier molecular flexibility index (Phi) is 3.38. The van der Waals surface area contributed by atoms with Gasteiger partial charge in [-0.3, -0.25) is 0 Å². The number of aryl methyl sites for hydroxylation is 2. The van der Waals surface area contributed by atoms with Crippen LogP contribution in [-0.4, -0.2) is 17.7 Å². The van der Waals surface area contributed by atoms with E-state index in [1.807, 2.05) is 6.07 Å². The molecule has 0 aromatic carbocycles. The molecule has 0 unspecified atom stereocenters. The molecule has 0 aliphatic heterocycles. The maximum atomic E-state index is 12.0. The van der Waals surface area contributed by atoms with E-state index in [0.717, 1.165) is 0 Å². The fourth-order valence-corrected chi connectivity index (χ4v) is 1.29. The zero-order valence-corrected chi connectivity index (χ0v) is 8.81. The Hall–Kier alpha value is -1.77. The number of hydrogen-bond acceptors (Lipinski definition) is 3. The van der Waals surface area contributed by atoms with E-state index < -0.39 is 12.7 Å². The van der Waals surface area contributed by atoms with E-state index >= 15 is 0 Å². The second kappa shape index (κ2) is 4.39. The van der Waals surface area contributed by atoms with Crippen molar-refractivity contribution in [2.45, 2.75) is 20.0 Å². The van der Waals surface area contributed by atoms with Gasteiger partial charge in [0.05, 0.1) is 5.56 Å². The van der Waals surface area contributed by atoms with Gasteiger partial charge in [-0.15, -0.1) is 0 Å². The summed E-state index contributed by atoms with van der Waals surface area (Å²) in [6.07, 6.45) is -4.33. The van der Waals surface area contributed by atoms with E-state index in [4.69, 9.17) is 5.26 Å². The molecule has 16 heavy (non-hydrogen) atoms. The summed E-state index contributed by atoms with van der Waals surface area (Å²) < 4.78 is 36.0. The molecule has 0 fully saturated rings. The molecule has 0 radical (unpaired) electrons. The number of alkyl halides is 3. The second-order valence-electron chi connectivity index (χ2n) is 3.38. The van der Waals surface area contributed by atoms with Crippen molar-refractivity contribution in [3.8, 4) is 6.07 Å². The quantitative estimate of drug-likeness (QED) is 0.847. The van der Waals surface area contributed by atoms with Crippen LogP contribution in [0.2, 0.25) is 0 Å². The lowest BCUT2D eigenvalue weighted by molar-refractivity contribution is -0.115. The molecule has 1 aromatic heterocycles. The van der Waals surface area contributed by atoms with Gasteiger partial charge in [0, 0.05) is 5.69 Å². The van der Waals surface area contributed by atoms with Gasteiger partial charge in [-0.25, -0.2) is 4.98 Å². The van der Waals surface area contributed by atoms with Gasteiger partial charge in [-0.2, -0.15) is 18.4 Å². The van der Waals surface area contributed by atoms with Crippen LogP contribution in [0.15, 0.2) is 6.07 Å². The largest absolute Gasteiger partial charge is 0.405 e. The van der Waals surface area contributed by atoms with Gasteiger partial charge in [0.1, 0.15) is 18.4 Å². The topological polar surface area (TPSA) is 48.7 Å². The number of nitrogens with one attached hydrogen (secondary N) is 1. The molecule has 1 N–H and O–H groups in total. The highest BCUT2D eigenvalue weighted by Crippen LogP contribution is 2.20. The van der Waals surface area contributed by atoms with Gasteiger partial charge in [0.15, 0.2) is 0 Å². The van der Waals surface area contributed by atoms with E-state index in [1.54, 1.807) is 19.9 Å². The molecular weight excluding hydrogens is 219 g/mol. The van der Waals surface area contributed by atoms with Crippen molar-refractivity contribution in [2.24, 2.45) is 0 Å². The molecule has 6 heteroatoms. The molecule has 0 aliphatic carbocycles. The zero-order chi connectivity index (χ0) is 12.3. The van der Waals surface area contributed by atoms with Crippen LogP contribution >= 0.6 is 0 Å². The van der Waals surface area contributed by atoms with Gasteiger partial charge in [0.2, 0.25) is 0 Å². The molecule has 0 atom stereocenters. The predicted octanol–water partition coefficient (Wildman–Crippen LogP) is 2.54. The van der Waals surface area contributed by atoms with Crippen molar-refractivity contribution in [1.82, 2.24) is 4.98 Å². The summed E-state index contributed by atoms with van der Waals surface area (Å²) in [6, 6.07) is 3.49. The van der Waals surface area contributed by atoms with E-state index in [-0.39, 0.29) is 11.4 Å². The Labute approximate surface area is 90.9 Å². The van der Waals surface area contributed by atoms with Crippen LogP contribution in [-0.2, 0) is 0 Å². The molecule has 0 spiro atoms. The fraction of sp³-hybridized carbons (Fsp3) is 0.400. The number of aromatic nitrogens is 1. The Bertz CT molecular complexity index is 432. The summed E-state index contributed by atoms with van der Waals surface area (Å²) in [7, 11) is 0. The SMILES string of the molecule is Cc1cc(C)c(C#N)c(NCC(F)(F)F)n1.